The highest BCUT2D eigenvalue weighted by molar-refractivity contribution is 5.75. The maximum atomic E-state index is 12.7. The number of hydrogen-bond donors (Lipinski definition) is 0. The average Bonchev–Trinajstić information content (AvgIpc) is 2.92. The topological polar surface area (TPSA) is 69.9 Å². The van der Waals surface area contributed by atoms with Crippen LogP contribution in [0.25, 0.3) is 11.2 Å². The number of ether oxygens (including phenoxy) is 1. The summed E-state index contributed by atoms with van der Waals surface area (Å²) in [6.45, 7) is 8.86. The van der Waals surface area contributed by atoms with Gasteiger partial charge in [0.15, 0.2) is 5.65 Å². The summed E-state index contributed by atoms with van der Waals surface area (Å²) in [6.07, 6.45) is 7.24. The minimum Gasteiger partial charge on any atom is -0.461 e. The lowest BCUT2D eigenvalue weighted by atomic mass is 9.75. The lowest BCUT2D eigenvalue weighted by Crippen LogP contribution is -2.36. The van der Waals surface area contributed by atoms with E-state index in [2.05, 4.69) is 35.7 Å². The predicted molar refractivity (Wildman–Crippen MR) is 95.9 cm³/mol. The van der Waals surface area contributed by atoms with E-state index in [4.69, 9.17) is 4.74 Å². The molecule has 0 amide bonds. The number of imidazole rings is 1. The fraction of sp³-hybridized carbons (Fsp3) is 0.684. The van der Waals surface area contributed by atoms with Gasteiger partial charge in [-0.1, -0.05) is 34.1 Å². The molecule has 0 saturated heterocycles. The third-order valence-electron chi connectivity index (χ3n) is 5.34. The van der Waals surface area contributed by atoms with E-state index < -0.39 is 0 Å². The van der Waals surface area contributed by atoms with Gasteiger partial charge in [0, 0.05) is 6.42 Å². The van der Waals surface area contributed by atoms with Crippen molar-refractivity contribution in [2.24, 2.45) is 17.8 Å². The van der Waals surface area contributed by atoms with Crippen molar-refractivity contribution in [3.63, 3.8) is 0 Å². The van der Waals surface area contributed by atoms with Crippen molar-refractivity contribution in [3.8, 4) is 0 Å². The molecule has 0 aliphatic heterocycles. The summed E-state index contributed by atoms with van der Waals surface area (Å²) in [6, 6.07) is 0. The van der Waals surface area contributed by atoms with Crippen LogP contribution >= 0.6 is 0 Å². The highest BCUT2D eigenvalue weighted by Gasteiger charge is 2.33. The van der Waals surface area contributed by atoms with E-state index in [1.54, 1.807) is 6.20 Å². The number of rotatable bonds is 5. The van der Waals surface area contributed by atoms with Crippen molar-refractivity contribution >= 4 is 17.1 Å². The van der Waals surface area contributed by atoms with Crippen LogP contribution < -0.4 is 0 Å². The Morgan fingerprint density at radius 1 is 1.40 bits per heavy atom. The number of fused-ring (bicyclic) bond motifs is 1. The SMILES string of the molecule is CCc1nc2cncnc2n1CC(=O)OC1CC(C)CC[C@H]1C(C)C. The number of aryl methyl sites for hydroxylation is 1. The maximum absolute atomic E-state index is 12.7. The van der Waals surface area contributed by atoms with Gasteiger partial charge in [0.25, 0.3) is 0 Å². The first-order chi connectivity index (χ1) is 12.0. The Bertz CT molecular complexity index is 740. The van der Waals surface area contributed by atoms with Crippen LogP contribution in [0.5, 0.6) is 0 Å². The second kappa shape index (κ2) is 7.50. The van der Waals surface area contributed by atoms with Gasteiger partial charge in [-0.3, -0.25) is 4.79 Å². The average molecular weight is 344 g/mol. The number of hydrogen-bond acceptors (Lipinski definition) is 5. The molecule has 136 valence electrons. The molecule has 0 N–H and O–H groups in total. The molecule has 25 heavy (non-hydrogen) atoms. The zero-order valence-electron chi connectivity index (χ0n) is 15.6. The Kier molecular flexibility index (Phi) is 5.35. The second-order valence-corrected chi connectivity index (χ2v) is 7.55. The van der Waals surface area contributed by atoms with Crippen molar-refractivity contribution in [3.05, 3.63) is 18.3 Å². The molecule has 3 atom stereocenters. The van der Waals surface area contributed by atoms with Crippen LogP contribution in [0, 0.1) is 17.8 Å². The smallest absolute Gasteiger partial charge is 0.326 e. The second-order valence-electron chi connectivity index (χ2n) is 7.55. The van der Waals surface area contributed by atoms with Crippen LogP contribution in [0.3, 0.4) is 0 Å². The Morgan fingerprint density at radius 2 is 2.20 bits per heavy atom. The number of nitrogens with zero attached hydrogens (tertiary/aromatic N) is 4. The fourth-order valence-electron chi connectivity index (χ4n) is 3.95. The Balaban J connectivity index is 1.76. The number of esters is 1. The first-order valence-electron chi connectivity index (χ1n) is 9.34. The van der Waals surface area contributed by atoms with Gasteiger partial charge in [-0.2, -0.15) is 0 Å². The van der Waals surface area contributed by atoms with Gasteiger partial charge in [0.05, 0.1) is 6.20 Å². The summed E-state index contributed by atoms with van der Waals surface area (Å²) < 4.78 is 7.78. The largest absolute Gasteiger partial charge is 0.461 e. The fourth-order valence-corrected chi connectivity index (χ4v) is 3.95. The van der Waals surface area contributed by atoms with Crippen LogP contribution in [0.15, 0.2) is 12.5 Å². The zero-order chi connectivity index (χ0) is 18.0. The van der Waals surface area contributed by atoms with Crippen LogP contribution in [-0.2, 0) is 22.5 Å². The molecule has 6 nitrogen and oxygen atoms in total. The molecular weight excluding hydrogens is 316 g/mol. The summed E-state index contributed by atoms with van der Waals surface area (Å²) >= 11 is 0. The summed E-state index contributed by atoms with van der Waals surface area (Å²) in [4.78, 5) is 25.5. The van der Waals surface area contributed by atoms with Crippen molar-refractivity contribution < 1.29 is 9.53 Å². The molecule has 1 fully saturated rings. The molecule has 2 heterocycles. The molecule has 6 heteroatoms. The molecule has 1 aliphatic rings. The minimum atomic E-state index is -0.197. The van der Waals surface area contributed by atoms with Gasteiger partial charge in [-0.05, 0) is 30.6 Å². The van der Waals surface area contributed by atoms with Crippen LogP contribution in [-0.4, -0.2) is 31.6 Å². The molecule has 0 spiro atoms. The Labute approximate surface area is 149 Å². The van der Waals surface area contributed by atoms with Crippen molar-refractivity contribution in [2.45, 2.75) is 66.0 Å². The monoisotopic (exact) mass is 344 g/mol. The standard InChI is InChI=1S/C19H28N4O2/c1-5-17-22-15-9-20-11-21-19(15)23(17)10-18(24)25-16-8-13(4)6-7-14(16)12(2)3/h9,11-14,16H,5-8,10H2,1-4H3/t13?,14-,16?/m0/s1. The predicted octanol–water partition coefficient (Wildman–Crippen LogP) is 3.39. The van der Waals surface area contributed by atoms with Gasteiger partial charge >= 0.3 is 5.97 Å². The van der Waals surface area contributed by atoms with Gasteiger partial charge in [0.2, 0.25) is 0 Å². The summed E-state index contributed by atoms with van der Waals surface area (Å²) in [7, 11) is 0. The van der Waals surface area contributed by atoms with Gasteiger partial charge < -0.3 is 9.30 Å². The van der Waals surface area contributed by atoms with Crippen molar-refractivity contribution in [1.82, 2.24) is 19.5 Å². The summed E-state index contributed by atoms with van der Waals surface area (Å²) in [5.74, 6) is 2.23. The molecule has 2 aromatic rings. The van der Waals surface area contributed by atoms with E-state index in [0.29, 0.717) is 23.4 Å². The zero-order valence-corrected chi connectivity index (χ0v) is 15.6. The molecule has 3 rings (SSSR count). The lowest BCUT2D eigenvalue weighted by Gasteiger charge is -2.36. The van der Waals surface area contributed by atoms with Crippen LogP contribution in [0.2, 0.25) is 0 Å². The maximum Gasteiger partial charge on any atom is 0.326 e. The van der Waals surface area contributed by atoms with E-state index in [1.165, 1.54) is 12.7 Å². The molecule has 1 saturated carbocycles. The van der Waals surface area contributed by atoms with E-state index in [1.807, 2.05) is 11.5 Å². The molecule has 0 radical (unpaired) electrons. The van der Waals surface area contributed by atoms with Crippen LogP contribution in [0.4, 0.5) is 0 Å². The molecule has 2 aromatic heterocycles. The van der Waals surface area contributed by atoms with E-state index in [-0.39, 0.29) is 18.6 Å². The number of carbonyl (C=O) groups is 1. The quantitative estimate of drug-likeness (QED) is 0.778. The minimum absolute atomic E-state index is 0.0192. The highest BCUT2D eigenvalue weighted by atomic mass is 16.5. The number of carbonyl (C=O) groups excluding carboxylic acids is 1. The Morgan fingerprint density at radius 3 is 2.92 bits per heavy atom. The lowest BCUT2D eigenvalue weighted by molar-refractivity contribution is -0.156. The molecule has 0 bridgehead atoms. The first kappa shape index (κ1) is 17.8. The summed E-state index contributed by atoms with van der Waals surface area (Å²) in [5.41, 5.74) is 1.42. The van der Waals surface area contributed by atoms with Gasteiger partial charge in [-0.25, -0.2) is 15.0 Å². The third kappa shape index (κ3) is 3.83. The molecule has 2 unspecified atom stereocenters. The summed E-state index contributed by atoms with van der Waals surface area (Å²) in [5, 5.41) is 0. The van der Waals surface area contributed by atoms with Gasteiger partial charge in [-0.15, -0.1) is 0 Å². The van der Waals surface area contributed by atoms with E-state index >= 15 is 0 Å². The van der Waals surface area contributed by atoms with Crippen molar-refractivity contribution in [1.29, 1.82) is 0 Å². The molecule has 1 aliphatic carbocycles. The van der Waals surface area contributed by atoms with E-state index in [0.717, 1.165) is 30.6 Å². The van der Waals surface area contributed by atoms with E-state index in [9.17, 15) is 4.79 Å². The van der Waals surface area contributed by atoms with Gasteiger partial charge in [0.1, 0.15) is 30.3 Å². The third-order valence-corrected chi connectivity index (χ3v) is 5.34. The van der Waals surface area contributed by atoms with Crippen molar-refractivity contribution in [2.75, 3.05) is 0 Å². The molecule has 0 aromatic carbocycles. The number of aromatic nitrogens is 4. The van der Waals surface area contributed by atoms with Crippen LogP contribution in [0.1, 0.15) is 52.8 Å². The molecular formula is C19H28N4O2. The Hall–Kier alpha value is -1.98. The highest BCUT2D eigenvalue weighted by Crippen LogP contribution is 2.35. The first-order valence-corrected chi connectivity index (χ1v) is 9.34. The normalized spacial score (nSPS) is 24.0.